The Morgan fingerprint density at radius 2 is 1.12 bits per heavy atom. The van der Waals surface area contributed by atoms with E-state index in [0.717, 1.165) is 32.1 Å². The lowest BCUT2D eigenvalue weighted by Gasteiger charge is -2.23. The Hall–Kier alpha value is -3.52. The highest BCUT2D eigenvalue weighted by Gasteiger charge is 2.18. The molecule has 298 valence electrons. The summed E-state index contributed by atoms with van der Waals surface area (Å²) in [6.45, 7) is 14.7. The Labute approximate surface area is 347 Å². The van der Waals surface area contributed by atoms with Gasteiger partial charge in [0.15, 0.2) is 12.4 Å². The molecule has 56 heavy (non-hydrogen) atoms. The summed E-state index contributed by atoms with van der Waals surface area (Å²) in [6.07, 6.45) is 25.3. The molecule has 5 nitrogen and oxygen atoms in total. The van der Waals surface area contributed by atoms with Crippen molar-refractivity contribution < 1.29 is 9.13 Å². The van der Waals surface area contributed by atoms with Crippen molar-refractivity contribution in [2.45, 2.75) is 84.7 Å². The van der Waals surface area contributed by atoms with Gasteiger partial charge in [0, 0.05) is 92.0 Å². The minimum atomic E-state index is 0.892. The van der Waals surface area contributed by atoms with E-state index < -0.39 is 0 Å². The van der Waals surface area contributed by atoms with Crippen LogP contribution in [0.4, 0.5) is 11.4 Å². The van der Waals surface area contributed by atoms with Crippen LogP contribution >= 0.6 is 21.6 Å². The van der Waals surface area contributed by atoms with Crippen LogP contribution in [0.25, 0.3) is 24.3 Å². The number of benzene rings is 2. The first-order valence-electron chi connectivity index (χ1n) is 21.7. The molecule has 0 aliphatic carbocycles. The van der Waals surface area contributed by atoms with Crippen molar-refractivity contribution in [1.82, 2.24) is 4.90 Å². The van der Waals surface area contributed by atoms with Crippen molar-refractivity contribution in [1.29, 1.82) is 0 Å². The quantitative estimate of drug-likeness (QED) is 0.0533. The maximum Gasteiger partial charge on any atom is 0.205 e. The molecule has 0 spiro atoms. The third-order valence-corrected chi connectivity index (χ3v) is 14.2. The van der Waals surface area contributed by atoms with E-state index in [1.807, 2.05) is 0 Å². The summed E-state index contributed by atoms with van der Waals surface area (Å²) in [6, 6.07) is 31.1. The fourth-order valence-corrected chi connectivity index (χ4v) is 10.5. The number of nitrogens with zero attached hydrogens (tertiary/aromatic N) is 5. The van der Waals surface area contributed by atoms with Crippen molar-refractivity contribution in [2.24, 2.45) is 5.92 Å². The van der Waals surface area contributed by atoms with E-state index in [2.05, 4.69) is 181 Å². The highest BCUT2D eigenvalue weighted by Crippen LogP contribution is 2.29. The molecule has 0 N–H and O–H groups in total. The van der Waals surface area contributed by atoms with Gasteiger partial charge in [-0.05, 0) is 137 Å². The Balaban J connectivity index is 0.782. The van der Waals surface area contributed by atoms with Crippen LogP contribution in [0.3, 0.4) is 0 Å². The van der Waals surface area contributed by atoms with Gasteiger partial charge < -0.3 is 14.7 Å². The number of aromatic nitrogens is 2. The molecular weight excluding hydrogens is 723 g/mol. The highest BCUT2D eigenvalue weighted by molar-refractivity contribution is 8.76. The van der Waals surface area contributed by atoms with Gasteiger partial charge >= 0.3 is 0 Å². The number of pyridine rings is 2. The fourth-order valence-electron chi connectivity index (χ4n) is 8.19. The lowest BCUT2D eigenvalue weighted by Crippen LogP contribution is -2.34. The van der Waals surface area contributed by atoms with Crippen molar-refractivity contribution in [3.63, 3.8) is 0 Å². The number of hydrogen-bond donors (Lipinski definition) is 0. The van der Waals surface area contributed by atoms with Gasteiger partial charge in [0.1, 0.15) is 13.1 Å². The third kappa shape index (κ3) is 13.6. The SMILES string of the molecule is CC[n+]1ccccc1C=Cc1ccc(N2CCCC(CCCCSSCCCCN3CCCN(c4ccc(C=Cc5cccc[n+]5CC)cc4)CC3)CC2)cc1. The molecule has 0 radical (unpaired) electrons. The summed E-state index contributed by atoms with van der Waals surface area (Å²) in [5.41, 5.74) is 7.74. The number of hydrogen-bond acceptors (Lipinski definition) is 5. The normalized spacial score (nSPS) is 17.1. The van der Waals surface area contributed by atoms with Crippen LogP contribution in [-0.4, -0.2) is 62.2 Å². The Morgan fingerprint density at radius 3 is 1.73 bits per heavy atom. The van der Waals surface area contributed by atoms with E-state index in [0.29, 0.717) is 0 Å². The Kier molecular flexibility index (Phi) is 17.8. The largest absolute Gasteiger partial charge is 0.372 e. The predicted molar refractivity (Wildman–Crippen MR) is 246 cm³/mol. The monoisotopic (exact) mass is 789 g/mol. The van der Waals surface area contributed by atoms with Crippen LogP contribution in [0, 0.1) is 5.92 Å². The molecule has 0 bridgehead atoms. The van der Waals surface area contributed by atoms with Crippen molar-refractivity contribution in [3.05, 3.63) is 120 Å². The van der Waals surface area contributed by atoms with Crippen LogP contribution in [0.15, 0.2) is 97.3 Å². The Morgan fingerprint density at radius 1 is 0.554 bits per heavy atom. The van der Waals surface area contributed by atoms with E-state index >= 15 is 0 Å². The zero-order chi connectivity index (χ0) is 38.6. The molecule has 2 saturated heterocycles. The second kappa shape index (κ2) is 23.6. The molecule has 4 heterocycles. The smallest absolute Gasteiger partial charge is 0.205 e. The van der Waals surface area contributed by atoms with Crippen LogP contribution in [0.1, 0.15) is 94.1 Å². The van der Waals surface area contributed by atoms with Gasteiger partial charge in [-0.1, -0.05) is 58.7 Å². The standard InChI is InChI=1S/C49H67N5S2/c1-3-51-34-8-5-17-46(51)25-19-44-21-27-48(28-22-44)53-36-13-16-43(31-38-53)15-7-11-41-55-56-42-12-10-32-50-33-14-37-54(40-39-50)49-29-23-45(24-30-49)20-26-47-18-6-9-35-52(47)4-2/h5-6,8-9,17-30,34-35,43H,3-4,7,10-16,31-33,36-42H2,1-2H3/q+2. The summed E-state index contributed by atoms with van der Waals surface area (Å²) in [4.78, 5) is 7.91. The first-order chi connectivity index (χ1) is 27.7. The molecule has 7 heteroatoms. The third-order valence-electron chi connectivity index (χ3n) is 11.6. The van der Waals surface area contributed by atoms with E-state index in [9.17, 15) is 0 Å². The van der Waals surface area contributed by atoms with Crippen molar-refractivity contribution in [2.75, 3.05) is 67.1 Å². The molecule has 2 aliphatic rings. The number of rotatable bonds is 19. The summed E-state index contributed by atoms with van der Waals surface area (Å²) in [5, 5.41) is 0. The van der Waals surface area contributed by atoms with E-state index in [1.54, 1.807) is 0 Å². The Bertz CT molecular complexity index is 1640. The molecule has 2 aromatic heterocycles. The topological polar surface area (TPSA) is 17.5 Å². The van der Waals surface area contributed by atoms with Crippen LogP contribution in [-0.2, 0) is 13.1 Å². The van der Waals surface area contributed by atoms with Gasteiger partial charge in [-0.2, -0.15) is 9.13 Å². The molecule has 1 atom stereocenters. The number of aryl methyl sites for hydroxylation is 2. The summed E-state index contributed by atoms with van der Waals surface area (Å²) in [7, 11) is 4.23. The van der Waals surface area contributed by atoms with E-state index in [-0.39, 0.29) is 0 Å². The van der Waals surface area contributed by atoms with Gasteiger partial charge in [-0.15, -0.1) is 0 Å². The average Bonchev–Trinajstić information content (AvgIpc) is 3.64. The molecule has 0 saturated carbocycles. The fraction of sp³-hybridized carbons (Fsp3) is 0.469. The second-order valence-electron chi connectivity index (χ2n) is 15.5. The average molecular weight is 790 g/mol. The van der Waals surface area contributed by atoms with Gasteiger partial charge in [0.05, 0.1) is 0 Å². The second-order valence-corrected chi connectivity index (χ2v) is 18.2. The highest BCUT2D eigenvalue weighted by atomic mass is 33.1. The molecule has 6 rings (SSSR count). The van der Waals surface area contributed by atoms with Crippen LogP contribution in [0.5, 0.6) is 0 Å². The number of unbranched alkanes of at least 4 members (excludes halogenated alkanes) is 2. The van der Waals surface area contributed by atoms with Crippen molar-refractivity contribution >= 4 is 57.3 Å². The molecular formula is C49H67N5S2+2. The maximum absolute atomic E-state index is 2.70. The predicted octanol–water partition coefficient (Wildman–Crippen LogP) is 10.8. The number of anilines is 2. The molecule has 2 aromatic carbocycles. The van der Waals surface area contributed by atoms with Crippen molar-refractivity contribution in [3.8, 4) is 0 Å². The minimum Gasteiger partial charge on any atom is -0.372 e. The minimum absolute atomic E-state index is 0.892. The van der Waals surface area contributed by atoms with Crippen LogP contribution in [0.2, 0.25) is 0 Å². The van der Waals surface area contributed by atoms with Gasteiger partial charge in [-0.3, -0.25) is 0 Å². The molecule has 2 fully saturated rings. The zero-order valence-electron chi connectivity index (χ0n) is 34.3. The summed E-state index contributed by atoms with van der Waals surface area (Å²) in [5.74, 6) is 3.48. The maximum atomic E-state index is 2.70. The summed E-state index contributed by atoms with van der Waals surface area (Å²) < 4.78 is 4.55. The first kappa shape index (κ1) is 42.1. The molecule has 0 amide bonds. The van der Waals surface area contributed by atoms with Crippen LogP contribution < -0.4 is 18.9 Å². The zero-order valence-corrected chi connectivity index (χ0v) is 36.0. The lowest BCUT2D eigenvalue weighted by molar-refractivity contribution is -0.695. The van der Waals surface area contributed by atoms with E-state index in [4.69, 9.17) is 0 Å². The lowest BCUT2D eigenvalue weighted by atomic mass is 9.95. The molecule has 2 aliphatic heterocycles. The van der Waals surface area contributed by atoms with Gasteiger partial charge in [-0.25, -0.2) is 0 Å². The van der Waals surface area contributed by atoms with Gasteiger partial charge in [0.2, 0.25) is 11.4 Å². The van der Waals surface area contributed by atoms with E-state index in [1.165, 1.54) is 136 Å². The summed E-state index contributed by atoms with van der Waals surface area (Å²) >= 11 is 0. The molecule has 4 aromatic rings. The molecule has 1 unspecified atom stereocenters. The first-order valence-corrected chi connectivity index (χ1v) is 24.2. The van der Waals surface area contributed by atoms with Gasteiger partial charge in [0.25, 0.3) is 0 Å².